The summed E-state index contributed by atoms with van der Waals surface area (Å²) in [5.74, 6) is -0.0355. The molecule has 2 aromatic rings. The third-order valence-electron chi connectivity index (χ3n) is 5.74. The van der Waals surface area contributed by atoms with Gasteiger partial charge in [0, 0.05) is 43.7 Å². The second kappa shape index (κ2) is 6.71. The normalized spacial score (nSPS) is 24.3. The van der Waals surface area contributed by atoms with E-state index in [0.717, 1.165) is 56.4 Å². The molecule has 4 nitrogen and oxygen atoms in total. The van der Waals surface area contributed by atoms with Gasteiger partial charge in [0.15, 0.2) is 0 Å². The van der Waals surface area contributed by atoms with Gasteiger partial charge in [-0.3, -0.25) is 14.7 Å². The van der Waals surface area contributed by atoms with Gasteiger partial charge in [0.1, 0.15) is 5.82 Å². The molecule has 2 aliphatic heterocycles. The molecule has 1 aromatic heterocycles. The van der Waals surface area contributed by atoms with Crippen LogP contribution >= 0.6 is 0 Å². The Kier molecular flexibility index (Phi) is 4.42. The maximum atomic E-state index is 14.0. The van der Waals surface area contributed by atoms with Crippen LogP contribution in [0.5, 0.6) is 0 Å². The van der Waals surface area contributed by atoms with E-state index < -0.39 is 0 Å². The predicted octanol–water partition coefficient (Wildman–Crippen LogP) is 3.35. The van der Waals surface area contributed by atoms with E-state index in [1.54, 1.807) is 31.3 Å². The highest BCUT2D eigenvalue weighted by molar-refractivity contribution is 5.82. The highest BCUT2D eigenvalue weighted by atomic mass is 19.1. The van der Waals surface area contributed by atoms with Gasteiger partial charge in [-0.15, -0.1) is 0 Å². The standard InChI is InChI=1S/C20H24FN3O/c1-14(25)24-12-4-7-19(24)18-6-3-11-23(18)13-15-8-9-17(21)16-5-2-10-22-20(15)16/h2,5,8-10,18-19H,3-4,6-7,11-13H2,1H3/t18-,19+/m1/s1. The number of benzene rings is 1. The molecule has 4 rings (SSSR count). The number of pyridine rings is 1. The summed E-state index contributed by atoms with van der Waals surface area (Å²) in [7, 11) is 0. The lowest BCUT2D eigenvalue weighted by Gasteiger charge is -2.34. The fourth-order valence-corrected chi connectivity index (χ4v) is 4.61. The highest BCUT2D eigenvalue weighted by Crippen LogP contribution is 2.32. The van der Waals surface area contributed by atoms with Crippen LogP contribution in [-0.2, 0) is 11.3 Å². The lowest BCUT2D eigenvalue weighted by atomic mass is 10.0. The van der Waals surface area contributed by atoms with E-state index in [4.69, 9.17) is 0 Å². The molecule has 0 saturated carbocycles. The van der Waals surface area contributed by atoms with E-state index in [9.17, 15) is 9.18 Å². The second-order valence-electron chi connectivity index (χ2n) is 7.21. The zero-order valence-electron chi connectivity index (χ0n) is 14.6. The summed E-state index contributed by atoms with van der Waals surface area (Å²) >= 11 is 0. The molecule has 2 aliphatic rings. The van der Waals surface area contributed by atoms with Crippen molar-refractivity contribution in [1.82, 2.24) is 14.8 Å². The number of likely N-dealkylation sites (tertiary alicyclic amines) is 2. The number of nitrogens with zero attached hydrogens (tertiary/aromatic N) is 3. The zero-order valence-corrected chi connectivity index (χ0v) is 14.6. The van der Waals surface area contributed by atoms with E-state index in [1.807, 2.05) is 11.0 Å². The van der Waals surface area contributed by atoms with E-state index in [2.05, 4.69) is 9.88 Å². The number of hydrogen-bond acceptors (Lipinski definition) is 3. The summed E-state index contributed by atoms with van der Waals surface area (Å²) in [6.07, 6.45) is 6.18. The van der Waals surface area contributed by atoms with Crippen molar-refractivity contribution >= 4 is 16.8 Å². The number of amides is 1. The van der Waals surface area contributed by atoms with Gasteiger partial charge in [0.25, 0.3) is 0 Å². The molecule has 132 valence electrons. The van der Waals surface area contributed by atoms with Gasteiger partial charge >= 0.3 is 0 Å². The van der Waals surface area contributed by atoms with Crippen molar-refractivity contribution in [2.75, 3.05) is 13.1 Å². The molecule has 1 aromatic carbocycles. The van der Waals surface area contributed by atoms with E-state index in [-0.39, 0.29) is 11.7 Å². The minimum absolute atomic E-state index is 0.184. The molecule has 1 amide bonds. The average molecular weight is 341 g/mol. The molecule has 2 saturated heterocycles. The first-order valence-corrected chi connectivity index (χ1v) is 9.18. The first-order valence-electron chi connectivity index (χ1n) is 9.18. The Labute approximate surface area is 147 Å². The van der Waals surface area contributed by atoms with Crippen LogP contribution in [0.1, 0.15) is 38.2 Å². The summed E-state index contributed by atoms with van der Waals surface area (Å²) in [6, 6.07) is 7.68. The van der Waals surface area contributed by atoms with Crippen LogP contribution in [0.15, 0.2) is 30.5 Å². The van der Waals surface area contributed by atoms with Crippen molar-refractivity contribution in [2.45, 2.75) is 51.2 Å². The Morgan fingerprint density at radius 2 is 2.00 bits per heavy atom. The van der Waals surface area contributed by atoms with Gasteiger partial charge in [-0.25, -0.2) is 4.39 Å². The summed E-state index contributed by atoms with van der Waals surface area (Å²) in [4.78, 5) is 20.9. The summed E-state index contributed by atoms with van der Waals surface area (Å²) in [5.41, 5.74) is 1.82. The van der Waals surface area contributed by atoms with Crippen LogP contribution in [0.3, 0.4) is 0 Å². The maximum absolute atomic E-state index is 14.0. The van der Waals surface area contributed by atoms with Crippen LogP contribution < -0.4 is 0 Å². The van der Waals surface area contributed by atoms with Gasteiger partial charge in [0.2, 0.25) is 5.91 Å². The minimum atomic E-state index is -0.219. The second-order valence-corrected chi connectivity index (χ2v) is 7.21. The van der Waals surface area contributed by atoms with Crippen molar-refractivity contribution < 1.29 is 9.18 Å². The molecule has 0 N–H and O–H groups in total. The maximum Gasteiger partial charge on any atom is 0.219 e. The number of fused-ring (bicyclic) bond motifs is 1. The smallest absolute Gasteiger partial charge is 0.219 e. The Morgan fingerprint density at radius 1 is 1.20 bits per heavy atom. The first kappa shape index (κ1) is 16.5. The van der Waals surface area contributed by atoms with Crippen LogP contribution in [0.2, 0.25) is 0 Å². The number of hydrogen-bond donors (Lipinski definition) is 0. The van der Waals surface area contributed by atoms with Gasteiger partial charge in [-0.2, -0.15) is 0 Å². The van der Waals surface area contributed by atoms with Crippen molar-refractivity contribution in [2.24, 2.45) is 0 Å². The van der Waals surface area contributed by atoms with E-state index in [0.29, 0.717) is 17.5 Å². The van der Waals surface area contributed by atoms with Crippen molar-refractivity contribution in [3.05, 3.63) is 41.8 Å². The number of rotatable bonds is 3. The zero-order chi connectivity index (χ0) is 17.4. The number of carbonyl (C=O) groups excluding carboxylic acids is 1. The number of aromatic nitrogens is 1. The van der Waals surface area contributed by atoms with Crippen molar-refractivity contribution in [1.29, 1.82) is 0 Å². The molecule has 2 fully saturated rings. The molecular weight excluding hydrogens is 317 g/mol. The molecule has 0 radical (unpaired) electrons. The van der Waals surface area contributed by atoms with Crippen LogP contribution in [0.25, 0.3) is 10.9 Å². The van der Waals surface area contributed by atoms with Gasteiger partial charge in [-0.1, -0.05) is 6.07 Å². The molecule has 0 spiro atoms. The fraction of sp³-hybridized carbons (Fsp3) is 0.500. The minimum Gasteiger partial charge on any atom is -0.338 e. The van der Waals surface area contributed by atoms with E-state index >= 15 is 0 Å². The summed E-state index contributed by atoms with van der Waals surface area (Å²) in [6.45, 7) is 4.35. The largest absolute Gasteiger partial charge is 0.338 e. The molecule has 0 unspecified atom stereocenters. The van der Waals surface area contributed by atoms with Gasteiger partial charge in [0.05, 0.1) is 5.52 Å². The SMILES string of the molecule is CC(=O)N1CCC[C@H]1[C@H]1CCCN1Cc1ccc(F)c2cccnc12. The third-order valence-corrected chi connectivity index (χ3v) is 5.74. The van der Waals surface area contributed by atoms with Crippen molar-refractivity contribution in [3.8, 4) is 0 Å². The molecular formula is C20H24FN3O. The van der Waals surface area contributed by atoms with Gasteiger partial charge in [-0.05, 0) is 56.0 Å². The highest BCUT2D eigenvalue weighted by Gasteiger charge is 2.38. The van der Waals surface area contributed by atoms with Crippen LogP contribution in [0.4, 0.5) is 4.39 Å². The monoisotopic (exact) mass is 341 g/mol. The topological polar surface area (TPSA) is 36.4 Å². The van der Waals surface area contributed by atoms with E-state index in [1.165, 1.54) is 0 Å². The van der Waals surface area contributed by atoms with Gasteiger partial charge < -0.3 is 4.90 Å². The first-order chi connectivity index (χ1) is 12.1. The lowest BCUT2D eigenvalue weighted by molar-refractivity contribution is -0.130. The molecule has 5 heteroatoms. The molecule has 3 heterocycles. The lowest BCUT2D eigenvalue weighted by Crippen LogP contribution is -2.47. The number of carbonyl (C=O) groups is 1. The number of halogens is 1. The fourth-order valence-electron chi connectivity index (χ4n) is 4.61. The Balaban J connectivity index is 1.60. The third kappa shape index (κ3) is 3.01. The van der Waals surface area contributed by atoms with Crippen molar-refractivity contribution in [3.63, 3.8) is 0 Å². The Bertz CT molecular complexity index is 794. The molecule has 0 bridgehead atoms. The Hall–Kier alpha value is -2.01. The molecule has 25 heavy (non-hydrogen) atoms. The Morgan fingerprint density at radius 3 is 2.84 bits per heavy atom. The molecule has 0 aliphatic carbocycles. The van der Waals surface area contributed by atoms with Crippen LogP contribution in [0, 0.1) is 5.82 Å². The predicted molar refractivity (Wildman–Crippen MR) is 95.5 cm³/mol. The average Bonchev–Trinajstić information content (AvgIpc) is 3.26. The summed E-state index contributed by atoms with van der Waals surface area (Å²) < 4.78 is 14.0. The quantitative estimate of drug-likeness (QED) is 0.859. The van der Waals surface area contributed by atoms with Crippen LogP contribution in [-0.4, -0.2) is 45.9 Å². The summed E-state index contributed by atoms with van der Waals surface area (Å²) in [5, 5.41) is 0.585. The molecule has 2 atom stereocenters.